The van der Waals surface area contributed by atoms with Gasteiger partial charge >= 0.3 is 11.9 Å². The molecule has 4 aliphatic heterocycles. The number of fused-ring (bicyclic) bond motifs is 1. The van der Waals surface area contributed by atoms with Crippen LogP contribution in [0.4, 0.5) is 0 Å². The highest BCUT2D eigenvalue weighted by atomic mass is 16.7. The fraction of sp³-hybridized carbons (Fsp3) is 0.634. The third kappa shape index (κ3) is 3.40. The molecule has 7 fully saturated rings. The Labute approximate surface area is 291 Å². The van der Waals surface area contributed by atoms with E-state index in [1.54, 1.807) is 12.5 Å². The van der Waals surface area contributed by atoms with Gasteiger partial charge < -0.3 is 28.5 Å². The van der Waals surface area contributed by atoms with Gasteiger partial charge in [-0.3, -0.25) is 9.59 Å². The van der Waals surface area contributed by atoms with Gasteiger partial charge in [-0.2, -0.15) is 0 Å². The van der Waals surface area contributed by atoms with Crippen molar-refractivity contribution < 1.29 is 42.9 Å². The van der Waals surface area contributed by atoms with Gasteiger partial charge in [-0.05, 0) is 81.8 Å². The first-order valence-corrected chi connectivity index (χ1v) is 18.5. The molecule has 3 spiro atoms. The van der Waals surface area contributed by atoms with Gasteiger partial charge in [0, 0.05) is 27.7 Å². The van der Waals surface area contributed by atoms with E-state index in [0.29, 0.717) is 24.8 Å². The second kappa shape index (κ2) is 9.90. The molecule has 0 radical (unpaired) electrons. The lowest BCUT2D eigenvalue weighted by Gasteiger charge is -2.71. The molecule has 1 aromatic heterocycles. The Morgan fingerprint density at radius 3 is 2.60 bits per heavy atom. The number of hydrogen-bond donors (Lipinski definition) is 1. The van der Waals surface area contributed by atoms with Crippen LogP contribution in [0.1, 0.15) is 76.8 Å². The van der Waals surface area contributed by atoms with Gasteiger partial charge in [0.2, 0.25) is 0 Å². The highest BCUT2D eigenvalue weighted by Gasteiger charge is 2.95. The molecule has 0 unspecified atom stereocenters. The van der Waals surface area contributed by atoms with Crippen molar-refractivity contribution in [2.75, 3.05) is 6.61 Å². The second-order valence-corrected chi connectivity index (χ2v) is 17.4. The fourth-order valence-corrected chi connectivity index (χ4v) is 13.7. The maximum Gasteiger partial charge on any atom is 0.339 e. The molecular formula is C41H44O9. The number of hydrogen-bond acceptors (Lipinski definition) is 9. The maximum atomic E-state index is 15.4. The van der Waals surface area contributed by atoms with Crippen molar-refractivity contribution >= 4 is 17.7 Å². The third-order valence-electron chi connectivity index (χ3n) is 15.3. The molecule has 4 bridgehead atoms. The smallest absolute Gasteiger partial charge is 0.339 e. The van der Waals surface area contributed by atoms with Crippen molar-refractivity contribution in [3.8, 4) is 11.8 Å². The van der Waals surface area contributed by atoms with Gasteiger partial charge in [-0.25, -0.2) is 4.79 Å². The van der Waals surface area contributed by atoms with Crippen molar-refractivity contribution in [1.29, 1.82) is 0 Å². The van der Waals surface area contributed by atoms with E-state index >= 15 is 4.79 Å². The molecule has 50 heavy (non-hydrogen) atoms. The van der Waals surface area contributed by atoms with Gasteiger partial charge in [0.1, 0.15) is 18.3 Å². The molecule has 262 valence electrons. The predicted molar refractivity (Wildman–Crippen MR) is 176 cm³/mol. The lowest BCUT2D eigenvalue weighted by Crippen LogP contribution is -2.81. The molecule has 1 N–H and O–H groups in total. The SMILES string of the molecule is CC1(C)O[C@H]2CC(=O)OC[C@@]23[C@@H]1C(=O)[C@@H](O)[C@]12[C@H]4C[C@@H](Cc5ccccc5)CC[C@@H]4C#CC[C@@]4(c5ccoc5)OC(=O)[C@H]5O[C@]51[C@@]4(C)CC[C@@H]32. The van der Waals surface area contributed by atoms with Crippen LogP contribution in [-0.4, -0.2) is 58.9 Å². The summed E-state index contributed by atoms with van der Waals surface area (Å²) in [6.45, 7) is 5.97. The Hall–Kier alpha value is -3.45. The zero-order valence-electron chi connectivity index (χ0n) is 28.8. The standard InChI is InChI=1S/C41H44O9/c1-36(2)32-31(43)33(44)40-27-19-24(18-23-8-5-4-6-9-23)11-12-25(27)10-7-15-39(26-14-17-46-21-26)37(3,41(40)34(49-41)35(45)50-39)16-13-28(40)38(32)22-47-30(42)20-29(38)48-36/h4-6,8-9,14,17,21,24-25,27-29,32-34,44H,11-13,15-16,18-20,22H2,1-3H3/t24-,25+,27+,28+,29+,32-,33-,34-,37+,38+,39+,40-,41+/m1/s1. The van der Waals surface area contributed by atoms with Gasteiger partial charge in [0.15, 0.2) is 17.5 Å². The number of furan rings is 1. The first-order chi connectivity index (χ1) is 24.0. The number of carbonyl (C=O) groups excluding carboxylic acids is 3. The molecular weight excluding hydrogens is 636 g/mol. The molecule has 8 aliphatic rings. The molecule has 13 atom stereocenters. The third-order valence-corrected chi connectivity index (χ3v) is 15.3. The normalized spacial score (nSPS) is 49.1. The van der Waals surface area contributed by atoms with Gasteiger partial charge in [-0.15, -0.1) is 0 Å². The van der Waals surface area contributed by atoms with E-state index in [-0.39, 0.29) is 54.9 Å². The zero-order chi connectivity index (χ0) is 34.5. The summed E-state index contributed by atoms with van der Waals surface area (Å²) >= 11 is 0. The summed E-state index contributed by atoms with van der Waals surface area (Å²) < 4.78 is 31.9. The predicted octanol–water partition coefficient (Wildman–Crippen LogP) is 4.92. The number of aliphatic hydroxyl groups is 1. The van der Waals surface area contributed by atoms with E-state index in [4.69, 9.17) is 23.4 Å². The van der Waals surface area contributed by atoms with Gasteiger partial charge in [0.05, 0.1) is 43.0 Å². The average molecular weight is 681 g/mol. The van der Waals surface area contributed by atoms with Crippen LogP contribution in [0.5, 0.6) is 0 Å². The van der Waals surface area contributed by atoms with Crippen molar-refractivity contribution in [2.45, 2.75) is 107 Å². The van der Waals surface area contributed by atoms with Crippen LogP contribution < -0.4 is 0 Å². The maximum absolute atomic E-state index is 15.4. The van der Waals surface area contributed by atoms with Crippen LogP contribution in [-0.2, 0) is 45.4 Å². The number of epoxide rings is 1. The van der Waals surface area contributed by atoms with Gasteiger partial charge in [0.25, 0.3) is 0 Å². The number of rotatable bonds is 3. The molecule has 1 aromatic carbocycles. The summed E-state index contributed by atoms with van der Waals surface area (Å²) in [5.74, 6) is 4.83. The van der Waals surface area contributed by atoms with E-state index in [1.165, 1.54) is 5.56 Å². The summed E-state index contributed by atoms with van der Waals surface area (Å²) in [6, 6.07) is 12.3. The number of cyclic esters (lactones) is 1. The molecule has 10 rings (SSSR count). The Bertz CT molecular complexity index is 1860. The number of carbonyl (C=O) groups is 3. The highest BCUT2D eigenvalue weighted by Crippen LogP contribution is 2.84. The summed E-state index contributed by atoms with van der Waals surface area (Å²) in [4.78, 5) is 42.7. The molecule has 5 heterocycles. The minimum absolute atomic E-state index is 0.0285. The first kappa shape index (κ1) is 31.3. The Morgan fingerprint density at radius 2 is 1.82 bits per heavy atom. The van der Waals surface area contributed by atoms with E-state index in [1.807, 2.05) is 26.0 Å². The van der Waals surface area contributed by atoms with Crippen molar-refractivity contribution in [2.24, 2.45) is 45.8 Å². The fourth-order valence-electron chi connectivity index (χ4n) is 13.7. The average Bonchev–Trinajstić information content (AvgIpc) is 3.51. The van der Waals surface area contributed by atoms with E-state index in [0.717, 1.165) is 19.3 Å². The minimum Gasteiger partial charge on any atom is -0.472 e. The lowest BCUT2D eigenvalue weighted by atomic mass is 9.31. The summed E-state index contributed by atoms with van der Waals surface area (Å²) in [6.07, 6.45) is 5.04. The zero-order valence-corrected chi connectivity index (χ0v) is 28.8. The number of ketones is 1. The Balaban J connectivity index is 1.25. The second-order valence-electron chi connectivity index (χ2n) is 17.4. The summed E-state index contributed by atoms with van der Waals surface area (Å²) in [7, 11) is 0. The van der Waals surface area contributed by atoms with Gasteiger partial charge in [-0.1, -0.05) is 49.1 Å². The molecule has 0 amide bonds. The van der Waals surface area contributed by atoms with E-state index < -0.39 is 63.2 Å². The number of aliphatic hydroxyl groups excluding tert-OH is 1. The molecule has 4 saturated heterocycles. The van der Waals surface area contributed by atoms with E-state index in [9.17, 15) is 14.7 Å². The van der Waals surface area contributed by atoms with Crippen molar-refractivity contribution in [1.82, 2.24) is 0 Å². The van der Waals surface area contributed by atoms with E-state index in [2.05, 4.69) is 43.0 Å². The molecule has 9 nitrogen and oxygen atoms in total. The number of benzene rings is 1. The van der Waals surface area contributed by atoms with Crippen LogP contribution in [0.25, 0.3) is 0 Å². The quantitative estimate of drug-likeness (QED) is 0.273. The van der Waals surface area contributed by atoms with Crippen LogP contribution in [0.2, 0.25) is 0 Å². The summed E-state index contributed by atoms with van der Waals surface area (Å²) in [5, 5.41) is 13.2. The largest absolute Gasteiger partial charge is 0.472 e. The first-order valence-electron chi connectivity index (χ1n) is 18.5. The number of esters is 2. The molecule has 4 aliphatic carbocycles. The molecule has 3 saturated carbocycles. The topological polar surface area (TPSA) is 125 Å². The molecule has 2 aromatic rings. The number of ether oxygens (including phenoxy) is 4. The number of Topliss-reactive ketones (excluding diaryl/α,β-unsaturated/α-hetero) is 1. The van der Waals surface area contributed by atoms with Crippen molar-refractivity contribution in [3.05, 3.63) is 60.1 Å². The molecule has 9 heteroatoms. The monoisotopic (exact) mass is 680 g/mol. The van der Waals surface area contributed by atoms with Crippen LogP contribution in [0.15, 0.2) is 53.3 Å². The van der Waals surface area contributed by atoms with Crippen LogP contribution >= 0.6 is 0 Å². The highest BCUT2D eigenvalue weighted by molar-refractivity contribution is 5.92. The Kier molecular flexibility index (Phi) is 6.20. The summed E-state index contributed by atoms with van der Waals surface area (Å²) in [5.41, 5.74) is -4.49. The lowest BCUT2D eigenvalue weighted by molar-refractivity contribution is -0.295. The Morgan fingerprint density at radius 1 is 1.00 bits per heavy atom. The van der Waals surface area contributed by atoms with Crippen LogP contribution in [0, 0.1) is 57.7 Å². The van der Waals surface area contributed by atoms with Crippen LogP contribution in [0.3, 0.4) is 0 Å². The van der Waals surface area contributed by atoms with Crippen molar-refractivity contribution in [3.63, 3.8) is 0 Å². The minimum atomic E-state index is -1.46.